The van der Waals surface area contributed by atoms with Gasteiger partial charge in [0.2, 0.25) is 5.91 Å². The Bertz CT molecular complexity index is 647. The van der Waals surface area contributed by atoms with E-state index in [1.54, 1.807) is 18.2 Å². The zero-order valence-corrected chi connectivity index (χ0v) is 10.9. The molecule has 0 aliphatic heterocycles. The molecule has 2 rings (SSSR count). The van der Waals surface area contributed by atoms with E-state index in [1.165, 1.54) is 12.1 Å². The van der Waals surface area contributed by atoms with E-state index in [-0.39, 0.29) is 12.1 Å². The number of nitrogens with zero attached hydrogens (tertiary/aromatic N) is 2. The summed E-state index contributed by atoms with van der Waals surface area (Å²) in [7, 11) is 0. The molecule has 7 heteroatoms. The number of para-hydroxylation sites is 1. The van der Waals surface area contributed by atoms with Crippen LogP contribution in [0.1, 0.15) is 11.3 Å². The summed E-state index contributed by atoms with van der Waals surface area (Å²) in [6.07, 6.45) is -2.49. The smallest absolute Gasteiger partial charge is 0.348 e. The van der Waals surface area contributed by atoms with Crippen LogP contribution >= 0.6 is 0 Å². The highest BCUT2D eigenvalue weighted by Gasteiger charge is 2.38. The van der Waals surface area contributed by atoms with Crippen molar-refractivity contribution in [2.75, 3.05) is 0 Å². The summed E-state index contributed by atoms with van der Waals surface area (Å²) >= 11 is 0. The largest absolute Gasteiger partial charge is 0.433 e. The van der Waals surface area contributed by atoms with Gasteiger partial charge in [-0.1, -0.05) is 24.8 Å². The van der Waals surface area contributed by atoms with E-state index in [1.807, 2.05) is 0 Å². The van der Waals surface area contributed by atoms with E-state index in [4.69, 9.17) is 0 Å². The van der Waals surface area contributed by atoms with Gasteiger partial charge in [0.25, 0.3) is 0 Å². The molecule has 21 heavy (non-hydrogen) atoms. The Kier molecular flexibility index (Phi) is 4.11. The molecule has 1 N–H and O–H groups in total. The van der Waals surface area contributed by atoms with Crippen LogP contribution in [0.2, 0.25) is 0 Å². The molecule has 1 aromatic carbocycles. The molecule has 0 aliphatic carbocycles. The van der Waals surface area contributed by atoms with Crippen molar-refractivity contribution in [2.45, 2.75) is 12.7 Å². The molecule has 0 unspecified atom stereocenters. The Morgan fingerprint density at radius 1 is 1.33 bits per heavy atom. The third-order valence-electron chi connectivity index (χ3n) is 2.75. The van der Waals surface area contributed by atoms with Crippen LogP contribution in [0.3, 0.4) is 0 Å². The van der Waals surface area contributed by atoms with Crippen LogP contribution in [0.25, 0.3) is 5.69 Å². The van der Waals surface area contributed by atoms with Gasteiger partial charge >= 0.3 is 6.18 Å². The summed E-state index contributed by atoms with van der Waals surface area (Å²) < 4.78 is 40.5. The first-order valence-electron chi connectivity index (χ1n) is 6.03. The lowest BCUT2D eigenvalue weighted by atomic mass is 10.2. The SMILES string of the molecule is C=CC(=O)NCc1cnn(-c2ccccc2)c1C(F)(F)F. The minimum Gasteiger partial charge on any atom is -0.348 e. The first-order valence-corrected chi connectivity index (χ1v) is 6.03. The lowest BCUT2D eigenvalue weighted by molar-refractivity contribution is -0.143. The number of nitrogens with one attached hydrogen (secondary N) is 1. The van der Waals surface area contributed by atoms with Gasteiger partial charge < -0.3 is 5.32 Å². The number of rotatable bonds is 4. The van der Waals surface area contributed by atoms with Gasteiger partial charge in [-0.3, -0.25) is 4.79 Å². The van der Waals surface area contributed by atoms with Crippen molar-refractivity contribution in [3.8, 4) is 5.69 Å². The third kappa shape index (κ3) is 3.31. The van der Waals surface area contributed by atoms with Crippen LogP contribution in [0, 0.1) is 0 Å². The predicted octanol–water partition coefficient (Wildman–Crippen LogP) is 2.69. The number of aromatic nitrogens is 2. The Hall–Kier alpha value is -2.57. The van der Waals surface area contributed by atoms with Gasteiger partial charge in [-0.2, -0.15) is 18.3 Å². The van der Waals surface area contributed by atoms with Crippen LogP contribution < -0.4 is 5.32 Å². The molecule has 2 aromatic rings. The average Bonchev–Trinajstić information content (AvgIpc) is 2.89. The molecule has 0 saturated heterocycles. The second-order valence-corrected chi connectivity index (χ2v) is 4.19. The summed E-state index contributed by atoms with van der Waals surface area (Å²) in [6, 6.07) is 7.99. The normalized spacial score (nSPS) is 11.2. The highest BCUT2D eigenvalue weighted by Crippen LogP contribution is 2.33. The molecule has 0 bridgehead atoms. The minimum atomic E-state index is -4.58. The van der Waals surface area contributed by atoms with E-state index in [0.717, 1.165) is 17.0 Å². The molecular weight excluding hydrogens is 283 g/mol. The van der Waals surface area contributed by atoms with Crippen molar-refractivity contribution in [1.82, 2.24) is 15.1 Å². The summed E-state index contributed by atoms with van der Waals surface area (Å²) in [6.45, 7) is 2.97. The van der Waals surface area contributed by atoms with Gasteiger partial charge in [-0.25, -0.2) is 4.68 Å². The second kappa shape index (κ2) is 5.82. The molecule has 1 heterocycles. The molecule has 0 atom stereocenters. The van der Waals surface area contributed by atoms with Gasteiger partial charge in [-0.05, 0) is 18.2 Å². The molecular formula is C14H12F3N3O. The van der Waals surface area contributed by atoms with E-state index in [0.29, 0.717) is 5.69 Å². The summed E-state index contributed by atoms with van der Waals surface area (Å²) in [5.41, 5.74) is -0.717. The quantitative estimate of drug-likeness (QED) is 0.882. The van der Waals surface area contributed by atoms with Crippen LogP contribution in [-0.2, 0) is 17.5 Å². The third-order valence-corrected chi connectivity index (χ3v) is 2.75. The maximum absolute atomic E-state index is 13.2. The Morgan fingerprint density at radius 2 is 2.00 bits per heavy atom. The van der Waals surface area contributed by atoms with Gasteiger partial charge in [0.05, 0.1) is 11.9 Å². The molecule has 0 saturated carbocycles. The number of amides is 1. The van der Waals surface area contributed by atoms with E-state index >= 15 is 0 Å². The molecule has 1 amide bonds. The first kappa shape index (κ1) is 14.8. The number of halogens is 3. The monoisotopic (exact) mass is 295 g/mol. The minimum absolute atomic E-state index is 0.110. The fourth-order valence-electron chi connectivity index (χ4n) is 1.83. The Morgan fingerprint density at radius 3 is 2.57 bits per heavy atom. The fourth-order valence-corrected chi connectivity index (χ4v) is 1.83. The molecule has 110 valence electrons. The maximum Gasteiger partial charge on any atom is 0.433 e. The van der Waals surface area contributed by atoms with E-state index in [2.05, 4.69) is 17.0 Å². The molecule has 0 spiro atoms. The topological polar surface area (TPSA) is 46.9 Å². The zero-order chi connectivity index (χ0) is 15.5. The van der Waals surface area contributed by atoms with Crippen molar-refractivity contribution in [1.29, 1.82) is 0 Å². The first-order chi connectivity index (χ1) is 9.93. The summed E-state index contributed by atoms with van der Waals surface area (Å²) in [5.74, 6) is -0.546. The zero-order valence-electron chi connectivity index (χ0n) is 10.9. The lowest BCUT2D eigenvalue weighted by Crippen LogP contribution is -2.23. The average molecular weight is 295 g/mol. The number of alkyl halides is 3. The van der Waals surface area contributed by atoms with Crippen molar-refractivity contribution >= 4 is 5.91 Å². The fraction of sp³-hybridized carbons (Fsp3) is 0.143. The van der Waals surface area contributed by atoms with Gasteiger partial charge in [0, 0.05) is 12.1 Å². The van der Waals surface area contributed by atoms with Gasteiger partial charge in [-0.15, -0.1) is 0 Å². The van der Waals surface area contributed by atoms with Gasteiger partial charge in [0.1, 0.15) is 0 Å². The maximum atomic E-state index is 13.2. The molecule has 0 fully saturated rings. The van der Waals surface area contributed by atoms with Crippen LogP contribution in [0.15, 0.2) is 49.2 Å². The molecule has 4 nitrogen and oxygen atoms in total. The van der Waals surface area contributed by atoms with Crippen molar-refractivity contribution < 1.29 is 18.0 Å². The summed E-state index contributed by atoms with van der Waals surface area (Å²) in [4.78, 5) is 11.1. The van der Waals surface area contributed by atoms with E-state index < -0.39 is 17.8 Å². The predicted molar refractivity (Wildman–Crippen MR) is 70.6 cm³/mol. The van der Waals surface area contributed by atoms with E-state index in [9.17, 15) is 18.0 Å². The highest BCUT2D eigenvalue weighted by atomic mass is 19.4. The number of hydrogen-bond acceptors (Lipinski definition) is 2. The second-order valence-electron chi connectivity index (χ2n) is 4.19. The number of hydrogen-bond donors (Lipinski definition) is 1. The van der Waals surface area contributed by atoms with Crippen LogP contribution in [0.5, 0.6) is 0 Å². The number of benzene rings is 1. The molecule has 0 radical (unpaired) electrons. The van der Waals surface area contributed by atoms with Crippen molar-refractivity contribution in [2.24, 2.45) is 0 Å². The Balaban J connectivity index is 2.42. The van der Waals surface area contributed by atoms with Crippen molar-refractivity contribution in [3.63, 3.8) is 0 Å². The highest BCUT2D eigenvalue weighted by molar-refractivity contribution is 5.86. The number of carbonyl (C=O) groups is 1. The van der Waals surface area contributed by atoms with Crippen LogP contribution in [-0.4, -0.2) is 15.7 Å². The lowest BCUT2D eigenvalue weighted by Gasteiger charge is -2.12. The van der Waals surface area contributed by atoms with Crippen molar-refractivity contribution in [3.05, 3.63) is 60.4 Å². The standard InChI is InChI=1S/C14H12F3N3O/c1-2-12(21)18-8-10-9-19-20(13(10)14(15,16)17)11-6-4-3-5-7-11/h2-7,9H,1,8H2,(H,18,21). The Labute approximate surface area is 118 Å². The van der Waals surface area contributed by atoms with Crippen LogP contribution in [0.4, 0.5) is 13.2 Å². The molecule has 0 aliphatic rings. The molecule has 1 aromatic heterocycles. The van der Waals surface area contributed by atoms with Gasteiger partial charge in [0.15, 0.2) is 5.69 Å². The summed E-state index contributed by atoms with van der Waals surface area (Å²) in [5, 5.41) is 6.09. The number of carbonyl (C=O) groups excluding carboxylic acids is 1.